The van der Waals surface area contributed by atoms with E-state index >= 15 is 0 Å². The van der Waals surface area contributed by atoms with Crippen molar-refractivity contribution >= 4 is 17.7 Å². The minimum absolute atomic E-state index is 0.0920. The summed E-state index contributed by atoms with van der Waals surface area (Å²) in [6, 6.07) is 2.78. The molecule has 0 radical (unpaired) electrons. The zero-order chi connectivity index (χ0) is 15.4. The van der Waals surface area contributed by atoms with Gasteiger partial charge in [0.05, 0.1) is 11.3 Å². The highest BCUT2D eigenvalue weighted by Crippen LogP contribution is 2.20. The number of aromatic carboxylic acids is 1. The second-order valence-corrected chi connectivity index (χ2v) is 5.04. The van der Waals surface area contributed by atoms with Crippen LogP contribution in [0, 0.1) is 11.7 Å². The molecule has 21 heavy (non-hydrogen) atoms. The van der Waals surface area contributed by atoms with E-state index in [1.54, 1.807) is 0 Å². The molecule has 0 aromatic heterocycles. The Kier molecular flexibility index (Phi) is 4.74. The van der Waals surface area contributed by atoms with Crippen LogP contribution in [-0.4, -0.2) is 46.8 Å². The largest absolute Gasteiger partial charge is 0.478 e. The highest BCUT2D eigenvalue weighted by Gasteiger charge is 2.23. The van der Waals surface area contributed by atoms with Gasteiger partial charge in [0.1, 0.15) is 5.82 Å². The van der Waals surface area contributed by atoms with Gasteiger partial charge in [0, 0.05) is 19.7 Å². The fourth-order valence-corrected chi connectivity index (χ4v) is 2.27. The normalized spacial score (nSPS) is 15.8. The SMILES string of the molecule is O=C(O)c1ccc(F)c(NC(=O)N2CCC(CO)CC2)c1. The van der Waals surface area contributed by atoms with Crippen LogP contribution in [0.15, 0.2) is 18.2 Å². The smallest absolute Gasteiger partial charge is 0.335 e. The van der Waals surface area contributed by atoms with Crippen molar-refractivity contribution in [3.05, 3.63) is 29.6 Å². The summed E-state index contributed by atoms with van der Waals surface area (Å²) in [6.45, 7) is 1.07. The highest BCUT2D eigenvalue weighted by atomic mass is 19.1. The summed E-state index contributed by atoms with van der Waals surface area (Å²) in [5, 5.41) is 20.3. The third-order valence-corrected chi connectivity index (χ3v) is 3.61. The fraction of sp³-hybridized carbons (Fsp3) is 0.429. The Labute approximate surface area is 121 Å². The molecule has 114 valence electrons. The molecule has 1 aliphatic rings. The molecular formula is C14H17FN2O4. The van der Waals surface area contributed by atoms with Crippen molar-refractivity contribution in [2.45, 2.75) is 12.8 Å². The number of hydrogen-bond acceptors (Lipinski definition) is 3. The maximum atomic E-state index is 13.6. The molecule has 1 aliphatic heterocycles. The van der Waals surface area contributed by atoms with Crippen LogP contribution in [0.2, 0.25) is 0 Å². The molecule has 2 amide bonds. The molecule has 0 aliphatic carbocycles. The van der Waals surface area contributed by atoms with Crippen molar-refractivity contribution in [3.63, 3.8) is 0 Å². The summed E-state index contributed by atoms with van der Waals surface area (Å²) < 4.78 is 13.6. The van der Waals surface area contributed by atoms with Crippen LogP contribution in [0.25, 0.3) is 0 Å². The summed E-state index contributed by atoms with van der Waals surface area (Å²) in [5.41, 5.74) is -0.241. The lowest BCUT2D eigenvalue weighted by Gasteiger charge is -2.31. The highest BCUT2D eigenvalue weighted by molar-refractivity contribution is 5.93. The number of rotatable bonds is 3. The quantitative estimate of drug-likeness (QED) is 0.793. The summed E-state index contributed by atoms with van der Waals surface area (Å²) >= 11 is 0. The van der Waals surface area contributed by atoms with Gasteiger partial charge in [0.2, 0.25) is 0 Å². The molecule has 0 spiro atoms. The molecule has 1 heterocycles. The number of urea groups is 1. The molecule has 0 saturated carbocycles. The number of amides is 2. The van der Waals surface area contributed by atoms with Crippen molar-refractivity contribution in [1.29, 1.82) is 0 Å². The van der Waals surface area contributed by atoms with Crippen molar-refractivity contribution in [2.24, 2.45) is 5.92 Å². The molecule has 2 rings (SSSR count). The molecule has 0 unspecified atom stereocenters. The van der Waals surface area contributed by atoms with Crippen molar-refractivity contribution in [2.75, 3.05) is 25.0 Å². The monoisotopic (exact) mass is 296 g/mol. The Morgan fingerprint density at radius 1 is 1.33 bits per heavy atom. The number of aliphatic hydroxyl groups is 1. The molecule has 7 heteroatoms. The van der Waals surface area contributed by atoms with Gasteiger partial charge in [-0.2, -0.15) is 0 Å². The van der Waals surface area contributed by atoms with Crippen LogP contribution in [0.4, 0.5) is 14.9 Å². The summed E-state index contributed by atoms with van der Waals surface area (Å²) in [7, 11) is 0. The first-order valence-corrected chi connectivity index (χ1v) is 6.71. The standard InChI is InChI=1S/C14H17FN2O4/c15-11-2-1-10(13(19)20)7-12(11)16-14(21)17-5-3-9(8-18)4-6-17/h1-2,7,9,18H,3-6,8H2,(H,16,21)(H,19,20). The molecule has 1 aromatic rings. The van der Waals surface area contributed by atoms with E-state index in [0.29, 0.717) is 25.9 Å². The number of nitrogens with one attached hydrogen (secondary N) is 1. The second kappa shape index (κ2) is 6.53. The maximum absolute atomic E-state index is 13.6. The lowest BCUT2D eigenvalue weighted by atomic mass is 9.98. The molecule has 1 fully saturated rings. The number of carboxylic acid groups (broad SMARTS) is 1. The summed E-state index contributed by atoms with van der Waals surface area (Å²) in [4.78, 5) is 24.4. The van der Waals surface area contributed by atoms with E-state index in [2.05, 4.69) is 5.32 Å². The molecule has 0 bridgehead atoms. The van der Waals surface area contributed by atoms with E-state index in [1.807, 2.05) is 0 Å². The summed E-state index contributed by atoms with van der Waals surface area (Å²) in [5.74, 6) is -1.67. The number of aliphatic hydroxyl groups excluding tert-OH is 1. The Bertz CT molecular complexity index is 542. The van der Waals surface area contributed by atoms with E-state index in [4.69, 9.17) is 10.2 Å². The van der Waals surface area contributed by atoms with Gasteiger partial charge in [0.25, 0.3) is 0 Å². The first kappa shape index (κ1) is 15.2. The number of likely N-dealkylation sites (tertiary alicyclic amines) is 1. The Morgan fingerprint density at radius 3 is 2.57 bits per heavy atom. The lowest BCUT2D eigenvalue weighted by molar-refractivity contribution is 0.0697. The Hall–Kier alpha value is -2.15. The lowest BCUT2D eigenvalue weighted by Crippen LogP contribution is -2.41. The van der Waals surface area contributed by atoms with E-state index < -0.39 is 17.8 Å². The number of carboxylic acids is 1. The van der Waals surface area contributed by atoms with Gasteiger partial charge in [-0.05, 0) is 37.0 Å². The van der Waals surface area contributed by atoms with Crippen LogP contribution < -0.4 is 5.32 Å². The van der Waals surface area contributed by atoms with Gasteiger partial charge in [-0.3, -0.25) is 0 Å². The van der Waals surface area contributed by atoms with E-state index in [0.717, 1.165) is 18.2 Å². The zero-order valence-electron chi connectivity index (χ0n) is 11.4. The van der Waals surface area contributed by atoms with E-state index in [-0.39, 0.29) is 23.8 Å². The number of halogens is 1. The number of benzene rings is 1. The predicted octanol–water partition coefficient (Wildman–Crippen LogP) is 1.76. The number of nitrogens with zero attached hydrogens (tertiary/aromatic N) is 1. The third kappa shape index (κ3) is 3.69. The van der Waals surface area contributed by atoms with Gasteiger partial charge in [-0.25, -0.2) is 14.0 Å². The minimum atomic E-state index is -1.19. The topological polar surface area (TPSA) is 89.9 Å². The number of carbonyl (C=O) groups is 2. The van der Waals surface area contributed by atoms with Gasteiger partial charge < -0.3 is 20.4 Å². The first-order valence-electron chi connectivity index (χ1n) is 6.71. The molecule has 0 atom stereocenters. The fourth-order valence-electron chi connectivity index (χ4n) is 2.27. The molecule has 1 saturated heterocycles. The molecule has 1 aromatic carbocycles. The van der Waals surface area contributed by atoms with Crippen LogP contribution in [-0.2, 0) is 0 Å². The predicted molar refractivity (Wildman–Crippen MR) is 73.8 cm³/mol. The van der Waals surface area contributed by atoms with Gasteiger partial charge >= 0.3 is 12.0 Å². The third-order valence-electron chi connectivity index (χ3n) is 3.61. The maximum Gasteiger partial charge on any atom is 0.335 e. The van der Waals surface area contributed by atoms with Crippen molar-refractivity contribution in [1.82, 2.24) is 4.90 Å². The van der Waals surface area contributed by atoms with Crippen LogP contribution in [0.5, 0.6) is 0 Å². The molecule has 6 nitrogen and oxygen atoms in total. The molecular weight excluding hydrogens is 279 g/mol. The van der Waals surface area contributed by atoms with Crippen molar-refractivity contribution < 1.29 is 24.2 Å². The average Bonchev–Trinajstić information content (AvgIpc) is 2.49. The number of anilines is 1. The van der Waals surface area contributed by atoms with E-state index in [1.165, 1.54) is 4.90 Å². The van der Waals surface area contributed by atoms with Gasteiger partial charge in [-0.1, -0.05) is 0 Å². The Morgan fingerprint density at radius 2 is 2.00 bits per heavy atom. The number of piperidine rings is 1. The van der Waals surface area contributed by atoms with Crippen molar-refractivity contribution in [3.8, 4) is 0 Å². The zero-order valence-corrected chi connectivity index (χ0v) is 11.4. The summed E-state index contributed by atoms with van der Waals surface area (Å²) in [6.07, 6.45) is 1.39. The Balaban J connectivity index is 2.03. The van der Waals surface area contributed by atoms with Gasteiger partial charge in [0.15, 0.2) is 0 Å². The number of carbonyl (C=O) groups excluding carboxylic acids is 1. The molecule has 3 N–H and O–H groups in total. The second-order valence-electron chi connectivity index (χ2n) is 5.04. The van der Waals surface area contributed by atoms with Gasteiger partial charge in [-0.15, -0.1) is 0 Å². The van der Waals surface area contributed by atoms with E-state index in [9.17, 15) is 14.0 Å². The van der Waals surface area contributed by atoms with Crippen LogP contribution >= 0.6 is 0 Å². The van der Waals surface area contributed by atoms with Crippen LogP contribution in [0.3, 0.4) is 0 Å². The minimum Gasteiger partial charge on any atom is -0.478 e. The number of hydrogen-bond donors (Lipinski definition) is 3. The average molecular weight is 296 g/mol. The van der Waals surface area contributed by atoms with Crippen LogP contribution in [0.1, 0.15) is 23.2 Å². The first-order chi connectivity index (χ1) is 10.0.